The third kappa shape index (κ3) is 3.30. The molecule has 1 aliphatic heterocycles. The molecular formula is C19H19F3N4O2. The highest BCUT2D eigenvalue weighted by atomic mass is 19.4. The minimum atomic E-state index is -4.53. The number of alkyl halides is 3. The van der Waals surface area contributed by atoms with E-state index in [1.54, 1.807) is 0 Å². The zero-order valence-electron chi connectivity index (χ0n) is 15.4. The number of phenols is 1. The first-order valence-corrected chi connectivity index (χ1v) is 8.95. The number of benzene rings is 1. The van der Waals surface area contributed by atoms with E-state index in [1.807, 2.05) is 10.9 Å². The number of hydrogen-bond donors (Lipinski definition) is 1. The molecule has 0 spiro atoms. The molecule has 9 heteroatoms. The van der Waals surface area contributed by atoms with Gasteiger partial charge in [0.25, 0.3) is 0 Å². The average Bonchev–Trinajstić information content (AvgIpc) is 3.04. The minimum absolute atomic E-state index is 0.175. The van der Waals surface area contributed by atoms with Crippen LogP contribution in [0.4, 0.5) is 13.2 Å². The van der Waals surface area contributed by atoms with E-state index in [9.17, 15) is 18.3 Å². The van der Waals surface area contributed by atoms with Crippen LogP contribution >= 0.6 is 0 Å². The van der Waals surface area contributed by atoms with Crippen LogP contribution in [0.25, 0.3) is 22.4 Å². The number of aryl methyl sites for hydroxylation is 1. The number of halogens is 3. The summed E-state index contributed by atoms with van der Waals surface area (Å²) < 4.78 is 46.1. The van der Waals surface area contributed by atoms with Crippen molar-refractivity contribution in [3.63, 3.8) is 0 Å². The summed E-state index contributed by atoms with van der Waals surface area (Å²) in [6.07, 6.45) is -0.439. The molecular weight excluding hydrogens is 373 g/mol. The predicted octanol–water partition coefficient (Wildman–Crippen LogP) is 4.12. The van der Waals surface area contributed by atoms with E-state index in [2.05, 4.69) is 22.0 Å². The van der Waals surface area contributed by atoms with Crippen molar-refractivity contribution in [3.8, 4) is 17.0 Å². The molecule has 6 nitrogen and oxygen atoms in total. The van der Waals surface area contributed by atoms with Crippen LogP contribution in [-0.2, 0) is 10.9 Å². The van der Waals surface area contributed by atoms with Crippen molar-refractivity contribution in [1.82, 2.24) is 19.7 Å². The molecule has 0 radical (unpaired) electrons. The maximum Gasteiger partial charge on any atom is 0.416 e. The fourth-order valence-electron chi connectivity index (χ4n) is 3.63. The molecule has 1 fully saturated rings. The summed E-state index contributed by atoms with van der Waals surface area (Å²) in [5.41, 5.74) is 0.829. The van der Waals surface area contributed by atoms with Crippen LogP contribution in [0.2, 0.25) is 0 Å². The summed E-state index contributed by atoms with van der Waals surface area (Å²) in [6.45, 7) is 4.91. The van der Waals surface area contributed by atoms with Crippen molar-refractivity contribution < 1.29 is 23.0 Å². The van der Waals surface area contributed by atoms with Gasteiger partial charge in [-0.25, -0.2) is 9.97 Å². The van der Waals surface area contributed by atoms with Gasteiger partial charge in [0.2, 0.25) is 0 Å². The van der Waals surface area contributed by atoms with Crippen molar-refractivity contribution in [2.75, 3.05) is 13.2 Å². The van der Waals surface area contributed by atoms with Gasteiger partial charge >= 0.3 is 6.18 Å². The Morgan fingerprint density at radius 3 is 2.75 bits per heavy atom. The second-order valence-electron chi connectivity index (χ2n) is 7.17. The number of aromatic hydroxyl groups is 1. The number of fused-ring (bicyclic) bond motifs is 1. The lowest BCUT2D eigenvalue weighted by Crippen LogP contribution is -2.28. The maximum atomic E-state index is 12.9. The second kappa shape index (κ2) is 6.73. The first-order valence-electron chi connectivity index (χ1n) is 8.95. The van der Waals surface area contributed by atoms with Crippen LogP contribution in [0.5, 0.6) is 5.75 Å². The highest BCUT2D eigenvalue weighted by Crippen LogP contribution is 2.38. The molecule has 0 unspecified atom stereocenters. The molecule has 1 aliphatic rings. The van der Waals surface area contributed by atoms with E-state index in [4.69, 9.17) is 4.74 Å². The van der Waals surface area contributed by atoms with E-state index >= 15 is 0 Å². The van der Waals surface area contributed by atoms with Gasteiger partial charge in [-0.05, 0) is 31.0 Å². The minimum Gasteiger partial charge on any atom is -0.507 e. The molecule has 2 aromatic heterocycles. The topological polar surface area (TPSA) is 73.1 Å². The monoisotopic (exact) mass is 392 g/mol. The molecule has 0 bridgehead atoms. The van der Waals surface area contributed by atoms with Gasteiger partial charge in [0.15, 0.2) is 5.65 Å². The molecule has 1 saturated heterocycles. The zero-order valence-corrected chi connectivity index (χ0v) is 15.4. The molecule has 3 heterocycles. The number of aromatic nitrogens is 4. The number of rotatable bonds is 2. The van der Waals surface area contributed by atoms with Crippen LogP contribution in [0.3, 0.4) is 0 Å². The fraction of sp³-hybridized carbons (Fsp3) is 0.421. The Kier molecular flexibility index (Phi) is 4.49. The molecule has 28 heavy (non-hydrogen) atoms. The molecule has 1 aromatic carbocycles. The Morgan fingerprint density at radius 1 is 1.29 bits per heavy atom. The van der Waals surface area contributed by atoms with Gasteiger partial charge in [0.1, 0.15) is 11.3 Å². The number of phenolic OH excluding ortho intramolecular Hbond substituents is 1. The van der Waals surface area contributed by atoms with E-state index in [0.29, 0.717) is 36.4 Å². The van der Waals surface area contributed by atoms with Crippen LogP contribution in [-0.4, -0.2) is 38.1 Å². The number of nitrogens with zero attached hydrogens (tertiary/aromatic N) is 4. The van der Waals surface area contributed by atoms with Crippen molar-refractivity contribution in [3.05, 3.63) is 35.7 Å². The van der Waals surface area contributed by atoms with Crippen LogP contribution in [0, 0.1) is 12.8 Å². The lowest BCUT2D eigenvalue weighted by Gasteiger charge is -2.28. The average molecular weight is 392 g/mol. The highest BCUT2D eigenvalue weighted by Gasteiger charge is 2.32. The molecule has 0 saturated carbocycles. The van der Waals surface area contributed by atoms with E-state index in [0.717, 1.165) is 12.5 Å². The number of ether oxygens (including phenoxy) is 1. The van der Waals surface area contributed by atoms with Gasteiger partial charge in [-0.2, -0.15) is 18.3 Å². The van der Waals surface area contributed by atoms with Crippen molar-refractivity contribution in [1.29, 1.82) is 0 Å². The standard InChI is InChI=1S/C19H19F3N4O2/c1-10-5-12(19(20,21)22)6-16(27)17(10)13-7-23-14-8-26(25-18(14)24-13)15-3-4-28-9-11(15)2/h5-8,11,15,27H,3-4,9H2,1-2H3/t11-,15+/m1/s1. The predicted molar refractivity (Wildman–Crippen MR) is 95.8 cm³/mol. The Hall–Kier alpha value is -2.68. The largest absolute Gasteiger partial charge is 0.507 e. The molecule has 148 valence electrons. The third-order valence-electron chi connectivity index (χ3n) is 5.08. The van der Waals surface area contributed by atoms with Crippen molar-refractivity contribution >= 4 is 11.2 Å². The van der Waals surface area contributed by atoms with Gasteiger partial charge in [0, 0.05) is 18.1 Å². The zero-order chi connectivity index (χ0) is 20.1. The third-order valence-corrected chi connectivity index (χ3v) is 5.08. The summed E-state index contributed by atoms with van der Waals surface area (Å²) >= 11 is 0. The Balaban J connectivity index is 1.74. The summed E-state index contributed by atoms with van der Waals surface area (Å²) in [4.78, 5) is 8.77. The van der Waals surface area contributed by atoms with Crippen LogP contribution < -0.4 is 0 Å². The van der Waals surface area contributed by atoms with E-state index in [1.165, 1.54) is 13.1 Å². The smallest absolute Gasteiger partial charge is 0.416 e. The fourth-order valence-corrected chi connectivity index (χ4v) is 3.63. The molecule has 1 N–H and O–H groups in total. The maximum absolute atomic E-state index is 12.9. The van der Waals surface area contributed by atoms with Gasteiger partial charge in [-0.1, -0.05) is 6.92 Å². The lowest BCUT2D eigenvalue weighted by atomic mass is 9.98. The van der Waals surface area contributed by atoms with E-state index < -0.39 is 17.5 Å². The van der Waals surface area contributed by atoms with Crippen molar-refractivity contribution in [2.45, 2.75) is 32.5 Å². The van der Waals surface area contributed by atoms with Crippen molar-refractivity contribution in [2.24, 2.45) is 5.92 Å². The van der Waals surface area contributed by atoms with Crippen LogP contribution in [0.15, 0.2) is 24.5 Å². The SMILES string of the molecule is Cc1cc(C(F)(F)F)cc(O)c1-c1cnc2cn([C@H]3CCOC[C@H]3C)nc2n1. The van der Waals surface area contributed by atoms with Gasteiger partial charge in [0.05, 0.1) is 36.3 Å². The van der Waals surface area contributed by atoms with Crippen LogP contribution in [0.1, 0.15) is 30.5 Å². The van der Waals surface area contributed by atoms with Gasteiger partial charge in [-0.3, -0.25) is 4.68 Å². The molecule has 2 atom stereocenters. The Morgan fingerprint density at radius 2 is 2.07 bits per heavy atom. The highest BCUT2D eigenvalue weighted by molar-refractivity contribution is 5.77. The molecule has 0 aliphatic carbocycles. The normalized spacial score (nSPS) is 20.6. The number of hydrogen-bond acceptors (Lipinski definition) is 5. The first-order chi connectivity index (χ1) is 13.2. The van der Waals surface area contributed by atoms with Gasteiger partial charge < -0.3 is 9.84 Å². The lowest BCUT2D eigenvalue weighted by molar-refractivity contribution is -0.137. The molecule has 0 amide bonds. The molecule has 3 aromatic rings. The summed E-state index contributed by atoms with van der Waals surface area (Å²) in [6, 6.07) is 1.87. The summed E-state index contributed by atoms with van der Waals surface area (Å²) in [7, 11) is 0. The Labute approximate surface area is 159 Å². The quantitative estimate of drug-likeness (QED) is 0.710. The summed E-state index contributed by atoms with van der Waals surface area (Å²) in [5, 5.41) is 14.7. The van der Waals surface area contributed by atoms with Gasteiger partial charge in [-0.15, -0.1) is 0 Å². The Bertz CT molecular complexity index is 1010. The van der Waals surface area contributed by atoms with E-state index in [-0.39, 0.29) is 22.9 Å². The first kappa shape index (κ1) is 18.7. The molecule has 4 rings (SSSR count). The summed E-state index contributed by atoms with van der Waals surface area (Å²) in [5.74, 6) is -0.192. The second-order valence-corrected chi connectivity index (χ2v) is 7.17.